The van der Waals surface area contributed by atoms with Gasteiger partial charge in [-0.25, -0.2) is 0 Å². The number of ether oxygens (including phenoxy) is 1. The van der Waals surface area contributed by atoms with E-state index in [-0.39, 0.29) is 5.91 Å². The van der Waals surface area contributed by atoms with E-state index in [1.54, 1.807) is 17.1 Å². The lowest BCUT2D eigenvalue weighted by Crippen LogP contribution is -2.41. The molecule has 0 bridgehead atoms. The molecule has 0 spiro atoms. The molecule has 8 nitrogen and oxygen atoms in total. The summed E-state index contributed by atoms with van der Waals surface area (Å²) in [4.78, 5) is 23.3. The van der Waals surface area contributed by atoms with Gasteiger partial charge in [-0.2, -0.15) is 5.10 Å². The number of benzene rings is 1. The predicted molar refractivity (Wildman–Crippen MR) is 101 cm³/mol. The first-order chi connectivity index (χ1) is 13.2. The summed E-state index contributed by atoms with van der Waals surface area (Å²) in [6.07, 6.45) is 3.34. The lowest BCUT2D eigenvalue weighted by molar-refractivity contribution is 0.0383. The highest BCUT2D eigenvalue weighted by Crippen LogP contribution is 2.23. The fraction of sp³-hybridized carbons (Fsp3) is 0.368. The second-order valence-corrected chi connectivity index (χ2v) is 6.51. The molecule has 140 valence electrons. The van der Waals surface area contributed by atoms with Gasteiger partial charge in [-0.15, -0.1) is 0 Å². The maximum atomic E-state index is 12.4. The zero-order valence-corrected chi connectivity index (χ0v) is 15.3. The van der Waals surface area contributed by atoms with Crippen LogP contribution in [0.2, 0.25) is 0 Å². The van der Waals surface area contributed by atoms with Gasteiger partial charge >= 0.3 is 0 Å². The van der Waals surface area contributed by atoms with E-state index < -0.39 is 0 Å². The normalized spacial score (nSPS) is 15.1. The van der Waals surface area contributed by atoms with E-state index in [1.807, 2.05) is 31.3 Å². The van der Waals surface area contributed by atoms with Crippen molar-refractivity contribution in [1.82, 2.24) is 30.0 Å². The summed E-state index contributed by atoms with van der Waals surface area (Å²) in [5.74, 6) is -0.161. The molecule has 8 heteroatoms. The number of aromatic nitrogens is 4. The summed E-state index contributed by atoms with van der Waals surface area (Å²) in [7, 11) is 1.83. The third kappa shape index (κ3) is 3.96. The fourth-order valence-electron chi connectivity index (χ4n) is 3.21. The Kier molecular flexibility index (Phi) is 5.08. The van der Waals surface area contributed by atoms with Crippen molar-refractivity contribution in [2.24, 2.45) is 7.05 Å². The molecular weight excluding hydrogens is 344 g/mol. The van der Waals surface area contributed by atoms with Gasteiger partial charge in [0, 0.05) is 51.2 Å². The number of carbonyl (C=O) groups excluding carboxylic acids is 1. The molecule has 0 atom stereocenters. The van der Waals surface area contributed by atoms with E-state index in [0.29, 0.717) is 12.2 Å². The van der Waals surface area contributed by atoms with Gasteiger partial charge in [-0.05, 0) is 18.2 Å². The lowest BCUT2D eigenvalue weighted by Gasteiger charge is -2.26. The second kappa shape index (κ2) is 7.81. The summed E-state index contributed by atoms with van der Waals surface area (Å²) >= 11 is 0. The summed E-state index contributed by atoms with van der Waals surface area (Å²) in [6, 6.07) is 7.65. The van der Waals surface area contributed by atoms with Crippen molar-refractivity contribution < 1.29 is 9.53 Å². The lowest BCUT2D eigenvalue weighted by atomic mass is 10.1. The van der Waals surface area contributed by atoms with Gasteiger partial charge in [0.15, 0.2) is 5.69 Å². The fourth-order valence-corrected chi connectivity index (χ4v) is 3.21. The third-order valence-electron chi connectivity index (χ3n) is 4.69. The maximum Gasteiger partial charge on any atom is 0.271 e. The molecule has 1 aromatic carbocycles. The molecule has 1 N–H and O–H groups in total. The van der Waals surface area contributed by atoms with Crippen LogP contribution in [-0.2, 0) is 11.8 Å². The standard InChI is InChI=1S/C19H22N6O2/c1-24-18(14-2-3-15-16(12-14)21-5-4-20-15)13-17(23-24)19(26)22-6-7-25-8-10-27-11-9-25/h2-5,12-13H,6-11H2,1H3,(H,22,26). The zero-order chi connectivity index (χ0) is 18.6. The number of nitrogens with one attached hydrogen (secondary N) is 1. The predicted octanol–water partition coefficient (Wildman–Crippen LogP) is 1.09. The first-order valence-electron chi connectivity index (χ1n) is 9.04. The molecular formula is C19H22N6O2. The van der Waals surface area contributed by atoms with E-state index in [9.17, 15) is 4.79 Å². The Hall–Kier alpha value is -2.84. The minimum absolute atomic E-state index is 0.161. The quantitative estimate of drug-likeness (QED) is 0.728. The number of amides is 1. The molecule has 2 aromatic heterocycles. The van der Waals surface area contributed by atoms with Gasteiger partial charge < -0.3 is 10.1 Å². The number of nitrogens with zero attached hydrogens (tertiary/aromatic N) is 5. The van der Waals surface area contributed by atoms with Gasteiger partial charge in [0.05, 0.1) is 29.9 Å². The first kappa shape index (κ1) is 17.6. The highest BCUT2D eigenvalue weighted by atomic mass is 16.5. The van der Waals surface area contributed by atoms with Crippen LogP contribution < -0.4 is 5.32 Å². The molecule has 3 heterocycles. The Bertz CT molecular complexity index is 948. The second-order valence-electron chi connectivity index (χ2n) is 6.51. The molecule has 1 amide bonds. The summed E-state index contributed by atoms with van der Waals surface area (Å²) in [5.41, 5.74) is 3.87. The van der Waals surface area contributed by atoms with Gasteiger partial charge in [0.1, 0.15) is 0 Å². The Morgan fingerprint density at radius 2 is 1.93 bits per heavy atom. The Morgan fingerprint density at radius 3 is 2.74 bits per heavy atom. The van der Waals surface area contributed by atoms with Crippen molar-refractivity contribution in [1.29, 1.82) is 0 Å². The molecule has 0 saturated carbocycles. The topological polar surface area (TPSA) is 85.2 Å². The molecule has 1 aliphatic heterocycles. The largest absolute Gasteiger partial charge is 0.379 e. The van der Waals surface area contributed by atoms with Crippen LogP contribution in [0.5, 0.6) is 0 Å². The Labute approximate surface area is 157 Å². The molecule has 1 saturated heterocycles. The minimum atomic E-state index is -0.161. The smallest absolute Gasteiger partial charge is 0.271 e. The Morgan fingerprint density at radius 1 is 1.15 bits per heavy atom. The van der Waals surface area contributed by atoms with Gasteiger partial charge in [0.25, 0.3) is 5.91 Å². The van der Waals surface area contributed by atoms with Gasteiger partial charge in [-0.1, -0.05) is 6.07 Å². The molecule has 0 unspecified atom stereocenters. The van der Waals surface area contributed by atoms with Crippen LogP contribution in [0.1, 0.15) is 10.5 Å². The van der Waals surface area contributed by atoms with Crippen molar-refractivity contribution in [3.05, 3.63) is 42.4 Å². The van der Waals surface area contributed by atoms with Gasteiger partial charge in [0.2, 0.25) is 0 Å². The average molecular weight is 366 g/mol. The SMILES string of the molecule is Cn1nc(C(=O)NCCN2CCOCC2)cc1-c1ccc2nccnc2c1. The maximum absolute atomic E-state index is 12.4. The third-order valence-corrected chi connectivity index (χ3v) is 4.69. The number of fused-ring (bicyclic) bond motifs is 1. The zero-order valence-electron chi connectivity index (χ0n) is 15.3. The molecule has 3 aromatic rings. The number of morpholine rings is 1. The van der Waals surface area contributed by atoms with Crippen LogP contribution in [0.25, 0.3) is 22.3 Å². The number of carbonyl (C=O) groups is 1. The number of hydrogen-bond acceptors (Lipinski definition) is 6. The summed E-state index contributed by atoms with van der Waals surface area (Å²) in [6.45, 7) is 4.75. The van der Waals surface area contributed by atoms with Crippen LogP contribution in [0.15, 0.2) is 36.7 Å². The number of aryl methyl sites for hydroxylation is 1. The monoisotopic (exact) mass is 366 g/mol. The van der Waals surface area contributed by atoms with Crippen molar-refractivity contribution in [3.63, 3.8) is 0 Å². The van der Waals surface area contributed by atoms with Crippen LogP contribution in [0.4, 0.5) is 0 Å². The highest BCUT2D eigenvalue weighted by molar-refractivity contribution is 5.93. The van der Waals surface area contributed by atoms with E-state index >= 15 is 0 Å². The number of rotatable bonds is 5. The van der Waals surface area contributed by atoms with Crippen LogP contribution >= 0.6 is 0 Å². The molecule has 0 aliphatic carbocycles. The highest BCUT2D eigenvalue weighted by Gasteiger charge is 2.15. The molecule has 27 heavy (non-hydrogen) atoms. The van der Waals surface area contributed by atoms with Crippen molar-refractivity contribution in [2.45, 2.75) is 0 Å². The Balaban J connectivity index is 1.44. The average Bonchev–Trinajstić information content (AvgIpc) is 3.10. The summed E-state index contributed by atoms with van der Waals surface area (Å²) < 4.78 is 7.05. The van der Waals surface area contributed by atoms with Crippen molar-refractivity contribution in [2.75, 3.05) is 39.4 Å². The van der Waals surface area contributed by atoms with Crippen molar-refractivity contribution >= 4 is 16.9 Å². The van der Waals surface area contributed by atoms with E-state index in [2.05, 4.69) is 25.3 Å². The number of hydrogen-bond donors (Lipinski definition) is 1. The molecule has 1 fully saturated rings. The van der Waals surface area contributed by atoms with E-state index in [4.69, 9.17) is 4.74 Å². The van der Waals surface area contributed by atoms with E-state index in [0.717, 1.165) is 55.1 Å². The van der Waals surface area contributed by atoms with Crippen LogP contribution in [-0.4, -0.2) is 69.9 Å². The summed E-state index contributed by atoms with van der Waals surface area (Å²) in [5, 5.41) is 7.32. The molecule has 1 aliphatic rings. The van der Waals surface area contributed by atoms with Crippen LogP contribution in [0, 0.1) is 0 Å². The molecule has 0 radical (unpaired) electrons. The van der Waals surface area contributed by atoms with Crippen LogP contribution in [0.3, 0.4) is 0 Å². The molecule has 4 rings (SSSR count). The first-order valence-corrected chi connectivity index (χ1v) is 9.04. The van der Waals surface area contributed by atoms with E-state index in [1.165, 1.54) is 0 Å². The minimum Gasteiger partial charge on any atom is -0.379 e. The van der Waals surface area contributed by atoms with Gasteiger partial charge in [-0.3, -0.25) is 24.3 Å². The van der Waals surface area contributed by atoms with Crippen molar-refractivity contribution in [3.8, 4) is 11.3 Å².